The molecule has 0 saturated carbocycles. The number of aryl methyl sites for hydroxylation is 1. The first kappa shape index (κ1) is 9.64. The summed E-state index contributed by atoms with van der Waals surface area (Å²) in [4.78, 5) is 0. The number of H-pyrrole nitrogens is 1. The quantitative estimate of drug-likeness (QED) is 0.718. The molecule has 5 nitrogen and oxygen atoms in total. The van der Waals surface area contributed by atoms with E-state index >= 15 is 0 Å². The molecule has 2 aromatic heterocycles. The van der Waals surface area contributed by atoms with Gasteiger partial charge in [0, 0.05) is 0 Å². The molecule has 0 aromatic carbocycles. The lowest BCUT2D eigenvalue weighted by molar-refractivity contribution is 0.467. The van der Waals surface area contributed by atoms with Crippen LogP contribution in [0.5, 0.6) is 0 Å². The fraction of sp³-hybridized carbons (Fsp3) is 0.300. The Kier molecular flexibility index (Phi) is 2.37. The molecule has 80 valence electrons. The molecule has 0 amide bonds. The van der Waals surface area contributed by atoms with Gasteiger partial charge in [-0.15, -0.1) is 0 Å². The standard InChI is InChI=1S/C10H14N4O/c1-6-3-4-9(15-6)7(2)13-8-5-12-14-10(8)11/h3-5,7,13H,1-2H3,(H3,11,12,14). The van der Waals surface area contributed by atoms with Crippen LogP contribution in [0.2, 0.25) is 0 Å². The van der Waals surface area contributed by atoms with Gasteiger partial charge in [0.05, 0.1) is 17.9 Å². The van der Waals surface area contributed by atoms with Crippen molar-refractivity contribution < 1.29 is 4.42 Å². The van der Waals surface area contributed by atoms with Crippen LogP contribution in [-0.2, 0) is 0 Å². The van der Waals surface area contributed by atoms with Crippen molar-refractivity contribution in [2.45, 2.75) is 19.9 Å². The molecule has 4 N–H and O–H groups in total. The van der Waals surface area contributed by atoms with Gasteiger partial charge in [-0.3, -0.25) is 5.10 Å². The van der Waals surface area contributed by atoms with Crippen LogP contribution < -0.4 is 11.1 Å². The Morgan fingerprint density at radius 2 is 2.33 bits per heavy atom. The van der Waals surface area contributed by atoms with Crippen LogP contribution in [0.25, 0.3) is 0 Å². The van der Waals surface area contributed by atoms with Gasteiger partial charge in [-0.25, -0.2) is 0 Å². The lowest BCUT2D eigenvalue weighted by atomic mass is 10.2. The summed E-state index contributed by atoms with van der Waals surface area (Å²) < 4.78 is 5.50. The van der Waals surface area contributed by atoms with E-state index in [1.807, 2.05) is 26.0 Å². The molecular formula is C10H14N4O. The van der Waals surface area contributed by atoms with Crippen molar-refractivity contribution >= 4 is 11.5 Å². The number of hydrogen-bond donors (Lipinski definition) is 3. The lowest BCUT2D eigenvalue weighted by Gasteiger charge is -2.11. The summed E-state index contributed by atoms with van der Waals surface area (Å²) in [5.41, 5.74) is 6.45. The predicted octanol–water partition coefficient (Wildman–Crippen LogP) is 2.07. The number of nitrogens with two attached hydrogens (primary N) is 1. The molecule has 0 saturated heterocycles. The fourth-order valence-corrected chi connectivity index (χ4v) is 1.40. The molecule has 0 radical (unpaired) electrons. The van der Waals surface area contributed by atoms with Crippen LogP contribution in [0.1, 0.15) is 24.5 Å². The summed E-state index contributed by atoms with van der Waals surface area (Å²) in [5.74, 6) is 2.32. The van der Waals surface area contributed by atoms with Crippen LogP contribution in [0.3, 0.4) is 0 Å². The molecule has 2 aromatic rings. The minimum absolute atomic E-state index is 0.0681. The largest absolute Gasteiger partial charge is 0.464 e. The summed E-state index contributed by atoms with van der Waals surface area (Å²) >= 11 is 0. The van der Waals surface area contributed by atoms with Crippen molar-refractivity contribution in [1.82, 2.24) is 10.2 Å². The first-order valence-corrected chi connectivity index (χ1v) is 4.78. The minimum Gasteiger partial charge on any atom is -0.464 e. The Bertz CT molecular complexity index is 446. The van der Waals surface area contributed by atoms with E-state index in [0.717, 1.165) is 17.2 Å². The molecule has 15 heavy (non-hydrogen) atoms. The fourth-order valence-electron chi connectivity index (χ4n) is 1.40. The van der Waals surface area contributed by atoms with Crippen molar-refractivity contribution in [3.8, 4) is 0 Å². The second kappa shape index (κ2) is 3.68. The number of hydrogen-bond acceptors (Lipinski definition) is 4. The maximum atomic E-state index is 5.66. The van der Waals surface area contributed by atoms with E-state index in [2.05, 4.69) is 15.5 Å². The second-order valence-electron chi connectivity index (χ2n) is 3.51. The first-order valence-electron chi connectivity index (χ1n) is 4.78. The van der Waals surface area contributed by atoms with E-state index in [-0.39, 0.29) is 6.04 Å². The lowest BCUT2D eigenvalue weighted by Crippen LogP contribution is -2.06. The molecule has 2 rings (SSSR count). The number of aromatic nitrogens is 2. The third-order valence-corrected chi connectivity index (χ3v) is 2.23. The Labute approximate surface area is 87.7 Å². The number of aromatic amines is 1. The Balaban J connectivity index is 2.10. The van der Waals surface area contributed by atoms with Crippen molar-refractivity contribution in [3.63, 3.8) is 0 Å². The Morgan fingerprint density at radius 1 is 1.53 bits per heavy atom. The zero-order valence-electron chi connectivity index (χ0n) is 8.74. The van der Waals surface area contributed by atoms with Crippen molar-refractivity contribution in [3.05, 3.63) is 29.9 Å². The molecule has 5 heteroatoms. The highest BCUT2D eigenvalue weighted by Gasteiger charge is 2.11. The third-order valence-electron chi connectivity index (χ3n) is 2.23. The first-order chi connectivity index (χ1) is 7.16. The Hall–Kier alpha value is -1.91. The molecule has 0 aliphatic carbocycles. The predicted molar refractivity (Wildman–Crippen MR) is 58.5 cm³/mol. The van der Waals surface area contributed by atoms with Gasteiger partial charge in [-0.1, -0.05) is 0 Å². The normalized spacial score (nSPS) is 12.7. The highest BCUT2D eigenvalue weighted by Crippen LogP contribution is 2.23. The highest BCUT2D eigenvalue weighted by molar-refractivity contribution is 5.60. The maximum absolute atomic E-state index is 5.66. The number of nitrogens with one attached hydrogen (secondary N) is 2. The smallest absolute Gasteiger partial charge is 0.142 e. The molecule has 1 atom stereocenters. The van der Waals surface area contributed by atoms with Gasteiger partial charge in [-0.05, 0) is 26.0 Å². The summed E-state index contributed by atoms with van der Waals surface area (Å²) in [6.07, 6.45) is 1.65. The van der Waals surface area contributed by atoms with Crippen LogP contribution in [0, 0.1) is 6.92 Å². The number of nitrogen functional groups attached to an aromatic ring is 1. The van der Waals surface area contributed by atoms with Crippen molar-refractivity contribution in [1.29, 1.82) is 0 Å². The number of rotatable bonds is 3. The van der Waals surface area contributed by atoms with E-state index in [1.54, 1.807) is 6.20 Å². The summed E-state index contributed by atoms with van der Waals surface area (Å²) in [6, 6.07) is 3.95. The second-order valence-corrected chi connectivity index (χ2v) is 3.51. The van der Waals surface area contributed by atoms with Gasteiger partial charge >= 0.3 is 0 Å². The molecule has 1 unspecified atom stereocenters. The average molecular weight is 206 g/mol. The molecule has 0 spiro atoms. The SMILES string of the molecule is Cc1ccc(C(C)Nc2cn[nH]c2N)o1. The monoisotopic (exact) mass is 206 g/mol. The van der Waals surface area contributed by atoms with Crippen LogP contribution >= 0.6 is 0 Å². The number of anilines is 2. The third kappa shape index (κ3) is 1.96. The number of furan rings is 1. The summed E-state index contributed by atoms with van der Waals surface area (Å²) in [6.45, 7) is 3.92. The molecule has 0 bridgehead atoms. The van der Waals surface area contributed by atoms with E-state index in [0.29, 0.717) is 5.82 Å². The average Bonchev–Trinajstić information content (AvgIpc) is 2.77. The zero-order valence-corrected chi connectivity index (χ0v) is 8.74. The summed E-state index contributed by atoms with van der Waals surface area (Å²) in [7, 11) is 0. The maximum Gasteiger partial charge on any atom is 0.142 e. The summed E-state index contributed by atoms with van der Waals surface area (Å²) in [5, 5.41) is 9.70. The zero-order chi connectivity index (χ0) is 10.8. The highest BCUT2D eigenvalue weighted by atomic mass is 16.3. The van der Waals surface area contributed by atoms with E-state index in [9.17, 15) is 0 Å². The van der Waals surface area contributed by atoms with Gasteiger partial charge in [0.15, 0.2) is 0 Å². The van der Waals surface area contributed by atoms with Gasteiger partial charge < -0.3 is 15.5 Å². The minimum atomic E-state index is 0.0681. The molecular weight excluding hydrogens is 192 g/mol. The Morgan fingerprint density at radius 3 is 2.87 bits per heavy atom. The van der Waals surface area contributed by atoms with E-state index in [4.69, 9.17) is 10.2 Å². The van der Waals surface area contributed by atoms with Crippen LogP contribution in [-0.4, -0.2) is 10.2 Å². The van der Waals surface area contributed by atoms with Crippen LogP contribution in [0.15, 0.2) is 22.7 Å². The van der Waals surface area contributed by atoms with Crippen LogP contribution in [0.4, 0.5) is 11.5 Å². The van der Waals surface area contributed by atoms with Gasteiger partial charge in [0.2, 0.25) is 0 Å². The number of nitrogens with zero attached hydrogens (tertiary/aromatic N) is 1. The van der Waals surface area contributed by atoms with E-state index < -0.39 is 0 Å². The molecule has 0 aliphatic rings. The molecule has 2 heterocycles. The van der Waals surface area contributed by atoms with Gasteiger partial charge in [0.25, 0.3) is 0 Å². The molecule has 0 aliphatic heterocycles. The van der Waals surface area contributed by atoms with Crippen molar-refractivity contribution in [2.24, 2.45) is 0 Å². The molecule has 0 fully saturated rings. The van der Waals surface area contributed by atoms with E-state index in [1.165, 1.54) is 0 Å². The van der Waals surface area contributed by atoms with Gasteiger partial charge in [0.1, 0.15) is 17.3 Å². The topological polar surface area (TPSA) is 79.9 Å². The van der Waals surface area contributed by atoms with Crippen molar-refractivity contribution in [2.75, 3.05) is 11.1 Å². The van der Waals surface area contributed by atoms with Gasteiger partial charge in [-0.2, -0.15) is 5.10 Å².